The Morgan fingerprint density at radius 2 is 1.67 bits per heavy atom. The Bertz CT molecular complexity index is 570. The molecule has 5 heteroatoms. The van der Waals surface area contributed by atoms with E-state index >= 15 is 0 Å². The smallest absolute Gasteiger partial charge is 0.238 e. The van der Waals surface area contributed by atoms with Crippen LogP contribution in [-0.2, 0) is 9.59 Å². The van der Waals surface area contributed by atoms with Gasteiger partial charge in [0.2, 0.25) is 11.8 Å². The van der Waals surface area contributed by atoms with Crippen molar-refractivity contribution in [1.29, 1.82) is 0 Å². The summed E-state index contributed by atoms with van der Waals surface area (Å²) in [6.07, 6.45) is 0.604. The Balaban J connectivity index is 1.81. The van der Waals surface area contributed by atoms with E-state index in [9.17, 15) is 9.59 Å². The molecule has 1 fully saturated rings. The van der Waals surface area contributed by atoms with Crippen molar-refractivity contribution in [3.63, 3.8) is 0 Å². The molecule has 1 aliphatic heterocycles. The maximum absolute atomic E-state index is 12.3. The summed E-state index contributed by atoms with van der Waals surface area (Å²) in [6, 6.07) is 6.00. The number of benzene rings is 1. The summed E-state index contributed by atoms with van der Waals surface area (Å²) in [5, 5.41) is 3.02. The average molecular weight is 331 g/mol. The maximum atomic E-state index is 12.3. The summed E-state index contributed by atoms with van der Waals surface area (Å²) >= 11 is 0. The monoisotopic (exact) mass is 331 g/mol. The van der Waals surface area contributed by atoms with E-state index in [1.807, 2.05) is 36.9 Å². The molecule has 5 nitrogen and oxygen atoms in total. The van der Waals surface area contributed by atoms with Crippen LogP contribution < -0.4 is 5.32 Å². The summed E-state index contributed by atoms with van der Waals surface area (Å²) in [7, 11) is 0. The zero-order chi connectivity index (χ0) is 17.7. The van der Waals surface area contributed by atoms with Crippen molar-refractivity contribution < 1.29 is 9.59 Å². The van der Waals surface area contributed by atoms with Gasteiger partial charge in [0, 0.05) is 38.3 Å². The van der Waals surface area contributed by atoms with E-state index in [1.165, 1.54) is 0 Å². The lowest BCUT2D eigenvalue weighted by molar-refractivity contribution is -0.133. The molecule has 1 saturated heterocycles. The number of carbonyl (C=O) groups is 2. The highest BCUT2D eigenvalue weighted by Gasteiger charge is 2.22. The summed E-state index contributed by atoms with van der Waals surface area (Å²) in [5.41, 5.74) is 3.06. The van der Waals surface area contributed by atoms with Crippen LogP contribution in [0.25, 0.3) is 0 Å². The molecule has 1 aromatic carbocycles. The highest BCUT2D eigenvalue weighted by molar-refractivity contribution is 5.93. The molecule has 0 bridgehead atoms. The Hall–Kier alpha value is -1.88. The number of aryl methyl sites for hydroxylation is 2. The van der Waals surface area contributed by atoms with Gasteiger partial charge < -0.3 is 10.2 Å². The third kappa shape index (κ3) is 5.06. The Kier molecular flexibility index (Phi) is 6.37. The summed E-state index contributed by atoms with van der Waals surface area (Å²) in [5.74, 6) is 0.623. The second-order valence-corrected chi connectivity index (χ2v) is 7.07. The number of hydrogen-bond acceptors (Lipinski definition) is 3. The molecule has 2 rings (SSSR count). The maximum Gasteiger partial charge on any atom is 0.238 e. The van der Waals surface area contributed by atoms with Gasteiger partial charge in [0.25, 0.3) is 0 Å². The predicted molar refractivity (Wildman–Crippen MR) is 97.0 cm³/mol. The van der Waals surface area contributed by atoms with E-state index in [4.69, 9.17) is 0 Å². The van der Waals surface area contributed by atoms with Crippen LogP contribution in [-0.4, -0.2) is 54.3 Å². The summed E-state index contributed by atoms with van der Waals surface area (Å²) < 4.78 is 0. The molecule has 1 heterocycles. The Morgan fingerprint density at radius 3 is 2.21 bits per heavy atom. The number of nitrogens with one attached hydrogen (secondary N) is 1. The van der Waals surface area contributed by atoms with Gasteiger partial charge in [-0.3, -0.25) is 14.5 Å². The summed E-state index contributed by atoms with van der Waals surface area (Å²) in [6.45, 7) is 11.4. The molecule has 0 aromatic heterocycles. The van der Waals surface area contributed by atoms with Crippen molar-refractivity contribution in [2.75, 3.05) is 38.0 Å². The predicted octanol–water partition coefficient (Wildman–Crippen LogP) is 2.43. The number of piperazine rings is 1. The van der Waals surface area contributed by atoms with Crippen LogP contribution in [0, 0.1) is 19.8 Å². The van der Waals surface area contributed by atoms with Crippen molar-refractivity contribution in [2.24, 2.45) is 5.92 Å². The van der Waals surface area contributed by atoms with Crippen LogP contribution in [0.1, 0.15) is 31.4 Å². The van der Waals surface area contributed by atoms with E-state index in [-0.39, 0.29) is 11.8 Å². The number of amides is 2. The fourth-order valence-electron chi connectivity index (χ4n) is 3.03. The largest absolute Gasteiger partial charge is 0.340 e. The third-order valence-corrected chi connectivity index (χ3v) is 4.42. The van der Waals surface area contributed by atoms with Gasteiger partial charge in [-0.15, -0.1) is 0 Å². The van der Waals surface area contributed by atoms with Crippen LogP contribution in [0.4, 0.5) is 5.69 Å². The molecule has 0 atom stereocenters. The second kappa shape index (κ2) is 8.29. The first-order valence-corrected chi connectivity index (χ1v) is 8.73. The molecule has 0 aliphatic carbocycles. The Labute approximate surface area is 145 Å². The molecule has 1 aromatic rings. The lowest BCUT2D eigenvalue weighted by Gasteiger charge is -2.34. The molecule has 0 saturated carbocycles. The SMILES string of the molecule is Cc1cccc(C)c1NC(=O)CN1CCN(C(=O)CC(C)C)CC1. The number of anilines is 1. The van der Waals surface area contributed by atoms with Crippen molar-refractivity contribution in [1.82, 2.24) is 9.80 Å². The van der Waals surface area contributed by atoms with Gasteiger partial charge in [-0.25, -0.2) is 0 Å². The molecular formula is C19H29N3O2. The number of para-hydroxylation sites is 1. The van der Waals surface area contributed by atoms with Crippen molar-refractivity contribution in [3.8, 4) is 0 Å². The lowest BCUT2D eigenvalue weighted by atomic mass is 10.1. The second-order valence-electron chi connectivity index (χ2n) is 7.07. The zero-order valence-corrected chi connectivity index (χ0v) is 15.3. The topological polar surface area (TPSA) is 52.7 Å². The fraction of sp³-hybridized carbons (Fsp3) is 0.579. The molecular weight excluding hydrogens is 302 g/mol. The molecule has 0 spiro atoms. The van der Waals surface area contributed by atoms with E-state index < -0.39 is 0 Å². The first kappa shape index (κ1) is 18.5. The van der Waals surface area contributed by atoms with E-state index in [1.54, 1.807) is 0 Å². The minimum atomic E-state index is 0.00866. The molecule has 0 unspecified atom stereocenters. The highest BCUT2D eigenvalue weighted by Crippen LogP contribution is 2.19. The van der Waals surface area contributed by atoms with E-state index in [2.05, 4.69) is 24.1 Å². The van der Waals surface area contributed by atoms with Crippen molar-refractivity contribution in [2.45, 2.75) is 34.1 Å². The van der Waals surface area contributed by atoms with Gasteiger partial charge in [-0.2, -0.15) is 0 Å². The summed E-state index contributed by atoms with van der Waals surface area (Å²) in [4.78, 5) is 28.4. The first-order chi connectivity index (χ1) is 11.4. The minimum Gasteiger partial charge on any atom is -0.340 e. The van der Waals surface area contributed by atoms with Crippen LogP contribution >= 0.6 is 0 Å². The van der Waals surface area contributed by atoms with Crippen LogP contribution in [0.2, 0.25) is 0 Å². The Morgan fingerprint density at radius 1 is 1.08 bits per heavy atom. The fourth-order valence-corrected chi connectivity index (χ4v) is 3.03. The number of carbonyl (C=O) groups excluding carboxylic acids is 2. The third-order valence-electron chi connectivity index (χ3n) is 4.42. The molecule has 132 valence electrons. The quantitative estimate of drug-likeness (QED) is 0.901. The lowest BCUT2D eigenvalue weighted by Crippen LogP contribution is -2.50. The van der Waals surface area contributed by atoms with E-state index in [0.717, 1.165) is 29.9 Å². The van der Waals surface area contributed by atoms with Crippen molar-refractivity contribution in [3.05, 3.63) is 29.3 Å². The number of nitrogens with zero attached hydrogens (tertiary/aromatic N) is 2. The van der Waals surface area contributed by atoms with Gasteiger partial charge in [0.05, 0.1) is 6.54 Å². The van der Waals surface area contributed by atoms with Crippen LogP contribution in [0.3, 0.4) is 0 Å². The van der Waals surface area contributed by atoms with Crippen LogP contribution in [0.15, 0.2) is 18.2 Å². The van der Waals surface area contributed by atoms with Gasteiger partial charge in [-0.1, -0.05) is 32.0 Å². The van der Waals surface area contributed by atoms with E-state index in [0.29, 0.717) is 32.0 Å². The van der Waals surface area contributed by atoms with Gasteiger partial charge in [-0.05, 0) is 30.9 Å². The highest BCUT2D eigenvalue weighted by atomic mass is 16.2. The average Bonchev–Trinajstić information content (AvgIpc) is 2.51. The molecule has 2 amide bonds. The van der Waals surface area contributed by atoms with Gasteiger partial charge in [0.1, 0.15) is 0 Å². The van der Waals surface area contributed by atoms with Gasteiger partial charge in [0.15, 0.2) is 0 Å². The number of hydrogen-bond donors (Lipinski definition) is 1. The zero-order valence-electron chi connectivity index (χ0n) is 15.3. The molecule has 0 radical (unpaired) electrons. The standard InChI is InChI=1S/C19H29N3O2/c1-14(2)12-18(24)22-10-8-21(9-11-22)13-17(23)20-19-15(3)6-5-7-16(19)4/h5-7,14H,8-13H2,1-4H3,(H,20,23). The molecule has 24 heavy (non-hydrogen) atoms. The van der Waals surface area contributed by atoms with Crippen molar-refractivity contribution >= 4 is 17.5 Å². The first-order valence-electron chi connectivity index (χ1n) is 8.73. The molecule has 1 aliphatic rings. The van der Waals surface area contributed by atoms with Gasteiger partial charge >= 0.3 is 0 Å². The van der Waals surface area contributed by atoms with Crippen LogP contribution in [0.5, 0.6) is 0 Å². The molecule has 1 N–H and O–H groups in total. The number of rotatable bonds is 5. The normalized spacial score (nSPS) is 15.6. The minimum absolute atomic E-state index is 0.00866.